The Bertz CT molecular complexity index is 3810. The highest BCUT2D eigenvalue weighted by Crippen LogP contribution is 2.32. The standard InChI is InChI=1S/C58H40O2/c1-59-55-33-31-49-27-29-51-35-53(49)57(55)58-54-36-52(30-28-50(54)32-34-56(58)60-2)48-25-21-46(22-26-48)44-17-13-42(14-18-44)40-9-5-38(6-10-40)37-3-7-39(8-4-37)41-11-15-43(16-12-41)45-19-23-47(51)24-20-45/h3-36H,1-2H3. The van der Waals surface area contributed by atoms with Crippen LogP contribution in [0, 0.1) is 83.5 Å². The van der Waals surface area contributed by atoms with Gasteiger partial charge in [-0.05, 0) is 119 Å². The second-order valence-corrected chi connectivity index (χ2v) is 15.6. The molecule has 9 aliphatic rings. The summed E-state index contributed by atoms with van der Waals surface area (Å²) in [5.41, 5.74) is 0. The number of methoxy groups -OCH3 is 2. The first-order valence-electron chi connectivity index (χ1n) is 20.5. The van der Waals surface area contributed by atoms with Crippen molar-refractivity contribution in [3.63, 3.8) is 0 Å². The molecule has 0 saturated heterocycles. The van der Waals surface area contributed by atoms with Crippen LogP contribution in [0.4, 0.5) is 0 Å². The molecule has 16 bridgehead atoms. The highest BCUT2D eigenvalue weighted by Gasteiger charge is 2.10. The normalized spacial score (nSPS) is 11.5. The Hall–Kier alpha value is -7.68. The van der Waals surface area contributed by atoms with Gasteiger partial charge >= 0.3 is 0 Å². The third-order valence-corrected chi connectivity index (χ3v) is 12.3. The van der Waals surface area contributed by atoms with E-state index in [0.29, 0.717) is 0 Å². The molecule has 0 saturated carbocycles. The quantitative estimate of drug-likeness (QED) is 0.174. The molecule has 0 N–H and O–H groups in total. The first-order chi connectivity index (χ1) is 29.6. The fourth-order valence-electron chi connectivity index (χ4n) is 8.95. The Balaban J connectivity index is 1.27. The molecule has 2 heteroatoms. The number of hydrogen-bond acceptors (Lipinski definition) is 2. The minimum atomic E-state index is 0.801. The first kappa shape index (κ1) is 35.5. The van der Waals surface area contributed by atoms with Crippen molar-refractivity contribution in [1.82, 2.24) is 0 Å². The van der Waals surface area contributed by atoms with Crippen molar-refractivity contribution in [2.24, 2.45) is 0 Å². The molecule has 284 valence electrons. The molecule has 0 aromatic heterocycles. The van der Waals surface area contributed by atoms with Crippen molar-refractivity contribution in [3.8, 4) is 11.5 Å². The Morgan fingerprint density at radius 1 is 0.217 bits per heavy atom. The van der Waals surface area contributed by atoms with Gasteiger partial charge in [-0.15, -0.1) is 0 Å². The van der Waals surface area contributed by atoms with Crippen molar-refractivity contribution in [2.75, 3.05) is 14.2 Å². The van der Waals surface area contributed by atoms with Crippen LogP contribution in [-0.2, 0) is 0 Å². The molecule has 10 aromatic rings. The van der Waals surface area contributed by atoms with Crippen LogP contribution in [0.1, 0.15) is 0 Å². The molecule has 0 spiro atoms. The molecule has 0 radical (unpaired) electrons. The molecule has 0 amide bonds. The van der Waals surface area contributed by atoms with E-state index in [1.807, 2.05) is 0 Å². The second-order valence-electron chi connectivity index (χ2n) is 15.6. The van der Waals surface area contributed by atoms with Crippen LogP contribution < -0.4 is 9.47 Å². The lowest BCUT2D eigenvalue weighted by Crippen LogP contribution is -1.93. The van der Waals surface area contributed by atoms with Crippen LogP contribution in [0.5, 0.6) is 11.5 Å². The third-order valence-electron chi connectivity index (χ3n) is 12.3. The molecule has 60 heavy (non-hydrogen) atoms. The summed E-state index contributed by atoms with van der Waals surface area (Å²) in [6, 6.07) is 75.2. The van der Waals surface area contributed by atoms with E-state index in [1.54, 1.807) is 14.2 Å². The Morgan fingerprint density at radius 2 is 0.400 bits per heavy atom. The highest BCUT2D eigenvalue weighted by molar-refractivity contribution is 5.90. The van der Waals surface area contributed by atoms with E-state index in [-0.39, 0.29) is 0 Å². The van der Waals surface area contributed by atoms with Crippen molar-refractivity contribution in [3.05, 3.63) is 290 Å². The average molecular weight is 769 g/mol. The van der Waals surface area contributed by atoms with Crippen molar-refractivity contribution < 1.29 is 9.47 Å². The summed E-state index contributed by atoms with van der Waals surface area (Å²) in [5, 5.41) is 23.0. The van der Waals surface area contributed by atoms with E-state index in [0.717, 1.165) is 64.4 Å². The molecule has 9 aliphatic carbocycles. The highest BCUT2D eigenvalue weighted by atomic mass is 16.5. The molecule has 0 unspecified atom stereocenters. The maximum atomic E-state index is 6.15. The molecule has 0 aliphatic heterocycles. The molecule has 0 atom stereocenters. The van der Waals surface area contributed by atoms with E-state index >= 15 is 0 Å². The monoisotopic (exact) mass is 768 g/mol. The zero-order valence-electron chi connectivity index (χ0n) is 33.4. The van der Waals surface area contributed by atoms with Gasteiger partial charge in [-0.25, -0.2) is 0 Å². The molecular formula is C58H40O2. The fraction of sp³-hybridized carbons (Fsp3) is 0.0345. The van der Waals surface area contributed by atoms with E-state index in [1.165, 1.54) is 52.2 Å². The Kier molecular flexibility index (Phi) is 8.64. The van der Waals surface area contributed by atoms with Crippen LogP contribution in [0.2, 0.25) is 0 Å². The van der Waals surface area contributed by atoms with Crippen LogP contribution >= 0.6 is 0 Å². The van der Waals surface area contributed by atoms with Gasteiger partial charge in [0.2, 0.25) is 0 Å². The van der Waals surface area contributed by atoms with Crippen molar-refractivity contribution in [2.45, 2.75) is 0 Å². The van der Waals surface area contributed by atoms with Gasteiger partial charge in [-0.1, -0.05) is 182 Å². The summed E-state index contributed by atoms with van der Waals surface area (Å²) < 4.78 is 12.3. The molecule has 0 heterocycles. The number of fused-ring (bicyclic) bond motifs is 2. The molecule has 19 rings (SSSR count). The molecule has 2 nitrogen and oxygen atoms in total. The Morgan fingerprint density at radius 3 is 0.617 bits per heavy atom. The Labute approximate surface area is 345 Å². The van der Waals surface area contributed by atoms with Gasteiger partial charge in [0.05, 0.1) is 14.2 Å². The van der Waals surface area contributed by atoms with Gasteiger partial charge in [-0.3, -0.25) is 0 Å². The number of rotatable bonds is 2. The predicted octanol–water partition coefficient (Wildman–Crippen LogP) is 12.6. The van der Waals surface area contributed by atoms with Gasteiger partial charge in [-0.2, -0.15) is 0 Å². The van der Waals surface area contributed by atoms with Gasteiger partial charge < -0.3 is 9.47 Å². The first-order valence-corrected chi connectivity index (χ1v) is 20.5. The summed E-state index contributed by atoms with van der Waals surface area (Å²) in [6.07, 6.45) is 0. The van der Waals surface area contributed by atoms with Crippen LogP contribution in [0.25, 0.3) is 21.5 Å². The number of benzene rings is 10. The summed E-state index contributed by atoms with van der Waals surface area (Å²) in [5.74, 6) is 1.60. The second kappa shape index (κ2) is 14.6. The number of ether oxygens (including phenoxy) is 2. The zero-order valence-corrected chi connectivity index (χ0v) is 33.4. The maximum Gasteiger partial charge on any atom is 0.127 e. The third kappa shape index (κ3) is 6.22. The van der Waals surface area contributed by atoms with Gasteiger partial charge in [0, 0.05) is 10.4 Å². The van der Waals surface area contributed by atoms with Gasteiger partial charge in [0.1, 0.15) is 11.5 Å². The van der Waals surface area contributed by atoms with E-state index in [9.17, 15) is 0 Å². The van der Waals surface area contributed by atoms with E-state index in [2.05, 4.69) is 206 Å². The molecule has 0 fully saturated rings. The lowest BCUT2D eigenvalue weighted by Gasteiger charge is -2.11. The maximum absolute atomic E-state index is 6.15. The van der Waals surface area contributed by atoms with E-state index in [4.69, 9.17) is 9.47 Å². The molecular weight excluding hydrogens is 729 g/mol. The molecule has 10 aromatic carbocycles. The summed E-state index contributed by atoms with van der Waals surface area (Å²) in [4.78, 5) is 0. The van der Waals surface area contributed by atoms with E-state index < -0.39 is 0 Å². The van der Waals surface area contributed by atoms with Crippen molar-refractivity contribution >= 4 is 21.5 Å². The van der Waals surface area contributed by atoms with Gasteiger partial charge in [0.15, 0.2) is 0 Å². The topological polar surface area (TPSA) is 18.5 Å². The lowest BCUT2D eigenvalue weighted by atomic mass is 9.99. The van der Waals surface area contributed by atoms with Crippen LogP contribution in [0.3, 0.4) is 0 Å². The van der Waals surface area contributed by atoms with Crippen LogP contribution in [-0.4, -0.2) is 14.2 Å². The smallest absolute Gasteiger partial charge is 0.127 e. The summed E-state index contributed by atoms with van der Waals surface area (Å²) in [6.45, 7) is 0. The van der Waals surface area contributed by atoms with Crippen LogP contribution in [0.15, 0.2) is 206 Å². The SMILES string of the molecule is COc1ccc2ccc3cc2c1=c1c(OC)ccc2ccc(cc12)=c1ccc(cc1)=c1ccc(cc1)=c1ccc(cc1)=c1ccc(cc1)=c1ccc(cc1)=c1ccc=3cc1. The lowest BCUT2D eigenvalue weighted by molar-refractivity contribution is 0.406. The summed E-state index contributed by atoms with van der Waals surface area (Å²) in [7, 11) is 3.50. The minimum absolute atomic E-state index is 0.801. The minimum Gasteiger partial charge on any atom is -0.496 e. The van der Waals surface area contributed by atoms with Crippen molar-refractivity contribution in [1.29, 1.82) is 0 Å². The number of hydrogen-bond donors (Lipinski definition) is 0. The zero-order chi connectivity index (χ0) is 40.2. The average Bonchev–Trinajstić information content (AvgIpc) is 3.33. The van der Waals surface area contributed by atoms with Gasteiger partial charge in [0.25, 0.3) is 0 Å². The fourth-order valence-corrected chi connectivity index (χ4v) is 8.95. The summed E-state index contributed by atoms with van der Waals surface area (Å²) >= 11 is 0. The largest absolute Gasteiger partial charge is 0.496 e. The predicted molar refractivity (Wildman–Crippen MR) is 241 cm³/mol.